The number of amides is 1. The van der Waals surface area contributed by atoms with E-state index in [9.17, 15) is 9.90 Å². The van der Waals surface area contributed by atoms with E-state index in [4.69, 9.17) is 0 Å². The number of nitrogens with one attached hydrogen (secondary N) is 1. The number of carbonyl (C=O) groups excluding carboxylic acids is 1. The van der Waals surface area contributed by atoms with Crippen LogP contribution < -0.4 is 10.2 Å². The Hall–Kier alpha value is -2.14. The van der Waals surface area contributed by atoms with Crippen LogP contribution in [0.1, 0.15) is 57.7 Å². The van der Waals surface area contributed by atoms with Crippen molar-refractivity contribution in [3.8, 4) is 0 Å². The smallest absolute Gasteiger partial charge is 0.253 e. The summed E-state index contributed by atoms with van der Waals surface area (Å²) in [6.45, 7) is 5.98. The Kier molecular flexibility index (Phi) is 4.81. The van der Waals surface area contributed by atoms with Crippen molar-refractivity contribution in [3.63, 3.8) is 0 Å². The van der Waals surface area contributed by atoms with Gasteiger partial charge in [-0.3, -0.25) is 9.78 Å². The Morgan fingerprint density at radius 1 is 1.22 bits per heavy atom. The summed E-state index contributed by atoms with van der Waals surface area (Å²) < 4.78 is 0. The van der Waals surface area contributed by atoms with Crippen LogP contribution in [-0.4, -0.2) is 40.7 Å². The summed E-state index contributed by atoms with van der Waals surface area (Å²) in [6, 6.07) is 8.39. The van der Waals surface area contributed by atoms with Crippen molar-refractivity contribution in [2.24, 2.45) is 5.92 Å². The van der Waals surface area contributed by atoms with Crippen LogP contribution in [0.15, 0.2) is 30.5 Å². The fourth-order valence-electron chi connectivity index (χ4n) is 4.22. The van der Waals surface area contributed by atoms with Gasteiger partial charge in [0.25, 0.3) is 5.91 Å². The van der Waals surface area contributed by atoms with Gasteiger partial charge >= 0.3 is 0 Å². The molecular formula is C22H31N3O2. The highest BCUT2D eigenvalue weighted by Crippen LogP contribution is 2.32. The number of benzene rings is 1. The van der Waals surface area contributed by atoms with Crippen molar-refractivity contribution in [1.29, 1.82) is 0 Å². The van der Waals surface area contributed by atoms with Crippen molar-refractivity contribution in [2.45, 2.75) is 57.6 Å². The Labute approximate surface area is 162 Å². The second kappa shape index (κ2) is 7.12. The topological polar surface area (TPSA) is 65.5 Å². The van der Waals surface area contributed by atoms with Gasteiger partial charge in [-0.1, -0.05) is 6.07 Å². The van der Waals surface area contributed by atoms with Crippen LogP contribution in [0.3, 0.4) is 0 Å². The highest BCUT2D eigenvalue weighted by atomic mass is 16.3. The number of carbonyl (C=O) groups is 1. The highest BCUT2D eigenvalue weighted by Gasteiger charge is 2.31. The van der Waals surface area contributed by atoms with Gasteiger partial charge in [0.05, 0.1) is 16.7 Å². The van der Waals surface area contributed by atoms with E-state index in [1.54, 1.807) is 6.20 Å². The van der Waals surface area contributed by atoms with Gasteiger partial charge in [0, 0.05) is 37.8 Å². The molecule has 4 rings (SSSR count). The van der Waals surface area contributed by atoms with Gasteiger partial charge in [0.1, 0.15) is 0 Å². The second-order valence-corrected chi connectivity index (χ2v) is 8.62. The molecule has 2 N–H and O–H groups in total. The molecule has 1 aliphatic carbocycles. The second-order valence-electron chi connectivity index (χ2n) is 8.62. The van der Waals surface area contributed by atoms with Crippen LogP contribution in [-0.2, 0) is 0 Å². The minimum atomic E-state index is -0.633. The summed E-state index contributed by atoms with van der Waals surface area (Å²) in [5.41, 5.74) is 2.12. The molecule has 1 saturated heterocycles. The number of anilines is 1. The van der Waals surface area contributed by atoms with Crippen molar-refractivity contribution < 1.29 is 11.3 Å². The van der Waals surface area contributed by atoms with E-state index in [0.717, 1.165) is 49.7 Å². The van der Waals surface area contributed by atoms with Gasteiger partial charge in [-0.25, -0.2) is 0 Å². The quantitative estimate of drug-likeness (QED) is 0.861. The molecule has 1 aromatic carbocycles. The molecule has 1 saturated carbocycles. The number of fused-ring (bicyclic) bond motifs is 1. The van der Waals surface area contributed by atoms with Crippen LogP contribution >= 0.6 is 0 Å². The average Bonchev–Trinajstić information content (AvgIpc) is 2.59. The van der Waals surface area contributed by atoms with Crippen LogP contribution in [0, 0.1) is 5.92 Å². The molecule has 27 heavy (non-hydrogen) atoms. The third-order valence-electron chi connectivity index (χ3n) is 6.21. The summed E-state index contributed by atoms with van der Waals surface area (Å²) in [7, 11) is 0. The maximum atomic E-state index is 12.7. The lowest BCUT2D eigenvalue weighted by Gasteiger charge is -2.36. The van der Waals surface area contributed by atoms with E-state index in [-0.39, 0.29) is 13.4 Å². The minimum absolute atomic E-state index is 0. The average molecular weight is 370 g/mol. The zero-order valence-corrected chi connectivity index (χ0v) is 16.2. The number of hydrogen-bond acceptors (Lipinski definition) is 4. The van der Waals surface area contributed by atoms with Crippen LogP contribution in [0.25, 0.3) is 10.9 Å². The van der Waals surface area contributed by atoms with E-state index in [0.29, 0.717) is 11.5 Å². The lowest BCUT2D eigenvalue weighted by molar-refractivity contribution is -0.00257. The summed E-state index contributed by atoms with van der Waals surface area (Å²) in [5, 5.41) is 14.3. The molecule has 0 spiro atoms. The van der Waals surface area contributed by atoms with E-state index < -0.39 is 5.60 Å². The van der Waals surface area contributed by atoms with Crippen molar-refractivity contribution >= 4 is 22.5 Å². The van der Waals surface area contributed by atoms with E-state index in [1.807, 2.05) is 19.9 Å². The van der Waals surface area contributed by atoms with Gasteiger partial charge in [-0.2, -0.15) is 0 Å². The summed E-state index contributed by atoms with van der Waals surface area (Å²) in [4.78, 5) is 19.5. The zero-order chi connectivity index (χ0) is 19.0. The maximum Gasteiger partial charge on any atom is 0.253 e. The molecule has 0 bridgehead atoms. The molecule has 1 aromatic heterocycles. The molecule has 2 fully saturated rings. The van der Waals surface area contributed by atoms with E-state index in [2.05, 4.69) is 33.4 Å². The molecule has 1 amide bonds. The number of aliphatic hydroxyl groups is 1. The minimum Gasteiger partial charge on any atom is -0.390 e. The van der Waals surface area contributed by atoms with Crippen molar-refractivity contribution in [2.75, 3.05) is 18.0 Å². The molecule has 0 atom stereocenters. The number of aromatic nitrogens is 1. The van der Waals surface area contributed by atoms with Gasteiger partial charge in [0.2, 0.25) is 0 Å². The predicted octanol–water partition coefficient (Wildman–Crippen LogP) is 3.75. The van der Waals surface area contributed by atoms with E-state index >= 15 is 0 Å². The summed E-state index contributed by atoms with van der Waals surface area (Å²) in [5.74, 6) is 0.261. The number of nitrogens with zero attached hydrogens (tertiary/aromatic N) is 2. The van der Waals surface area contributed by atoms with Crippen LogP contribution in [0.5, 0.6) is 0 Å². The molecule has 2 aliphatic rings. The standard InChI is InChI=1S/C22H29N3O2.H2/c1-22(2,27)17-5-7-18(8-6-17)24-21(26)16-12-15-4-9-19(25-10-3-11-25)13-20(15)23-14-16;/h4,9,12-14,17-18,27H,3,5-8,10-11H2,1-2H3,(H,24,26);1H. The summed E-state index contributed by atoms with van der Waals surface area (Å²) >= 11 is 0. The lowest BCUT2D eigenvalue weighted by atomic mass is 9.77. The Morgan fingerprint density at radius 2 is 1.96 bits per heavy atom. The normalized spacial score (nSPS) is 23.1. The third kappa shape index (κ3) is 3.93. The first-order valence-corrected chi connectivity index (χ1v) is 10.1. The first-order valence-electron chi connectivity index (χ1n) is 10.1. The molecule has 2 heterocycles. The SMILES string of the molecule is CC(C)(O)C1CCC(NC(=O)c2cnc3cc(N4CCC4)ccc3c2)CC1.[HH]. The molecule has 0 radical (unpaired) electrons. The monoisotopic (exact) mass is 369 g/mol. The molecule has 146 valence electrons. The number of hydrogen-bond donors (Lipinski definition) is 2. The summed E-state index contributed by atoms with van der Waals surface area (Å²) in [6.07, 6.45) is 6.66. The lowest BCUT2D eigenvalue weighted by Crippen LogP contribution is -2.41. The first-order chi connectivity index (χ1) is 12.9. The molecule has 1 aliphatic heterocycles. The fraction of sp³-hybridized carbons (Fsp3) is 0.545. The highest BCUT2D eigenvalue weighted by molar-refractivity contribution is 5.97. The maximum absolute atomic E-state index is 12.7. The Bertz CT molecular complexity index is 837. The molecular weight excluding hydrogens is 338 g/mol. The largest absolute Gasteiger partial charge is 0.390 e. The predicted molar refractivity (Wildman–Crippen MR) is 110 cm³/mol. The Balaban J connectivity index is 0.00000225. The van der Waals surface area contributed by atoms with Gasteiger partial charge in [0.15, 0.2) is 0 Å². The van der Waals surface area contributed by atoms with Crippen LogP contribution in [0.4, 0.5) is 5.69 Å². The van der Waals surface area contributed by atoms with Crippen molar-refractivity contribution in [1.82, 2.24) is 10.3 Å². The van der Waals surface area contributed by atoms with Gasteiger partial charge < -0.3 is 15.3 Å². The molecule has 5 heteroatoms. The Morgan fingerprint density at radius 3 is 2.59 bits per heavy atom. The van der Waals surface area contributed by atoms with Crippen LogP contribution in [0.2, 0.25) is 0 Å². The molecule has 0 unspecified atom stereocenters. The van der Waals surface area contributed by atoms with Gasteiger partial charge in [-0.05, 0) is 70.1 Å². The van der Waals surface area contributed by atoms with Crippen molar-refractivity contribution in [3.05, 3.63) is 36.0 Å². The molecule has 5 nitrogen and oxygen atoms in total. The molecule has 2 aromatic rings. The third-order valence-corrected chi connectivity index (χ3v) is 6.21. The van der Waals surface area contributed by atoms with E-state index in [1.165, 1.54) is 12.1 Å². The number of pyridine rings is 1. The zero-order valence-electron chi connectivity index (χ0n) is 16.2. The number of rotatable bonds is 4. The van der Waals surface area contributed by atoms with Gasteiger partial charge in [-0.15, -0.1) is 0 Å². The first kappa shape index (κ1) is 18.2. The fourth-order valence-corrected chi connectivity index (χ4v) is 4.22.